The van der Waals surface area contributed by atoms with Crippen molar-refractivity contribution in [2.24, 2.45) is 0 Å². The molecule has 0 N–H and O–H groups in total. The molecule has 0 aliphatic carbocycles. The lowest BCUT2D eigenvalue weighted by Gasteiger charge is -2.25. The Balaban J connectivity index is 1.43. The number of rotatable bonds is 4. The summed E-state index contributed by atoms with van der Waals surface area (Å²) in [6, 6.07) is 18.4. The molecule has 1 aromatic heterocycles. The number of benzene rings is 2. The average molecular weight is 396 g/mol. The second-order valence-corrected chi connectivity index (χ2v) is 6.92. The van der Waals surface area contributed by atoms with Crippen molar-refractivity contribution in [2.45, 2.75) is 13.0 Å². The van der Waals surface area contributed by atoms with Crippen LogP contribution in [0.5, 0.6) is 0 Å². The summed E-state index contributed by atoms with van der Waals surface area (Å²) in [5.74, 6) is 1.21. The average Bonchev–Trinajstić information content (AvgIpc) is 3.12. The van der Waals surface area contributed by atoms with E-state index in [2.05, 4.69) is 67.4 Å². The topological polar surface area (TPSA) is 42.2 Å². The van der Waals surface area contributed by atoms with Crippen LogP contribution in [0.4, 0.5) is 0 Å². The van der Waals surface area contributed by atoms with Crippen LogP contribution >= 0.6 is 15.9 Å². The summed E-state index contributed by atoms with van der Waals surface area (Å²) < 4.78 is 6.81. The molecule has 2 aromatic carbocycles. The highest BCUT2D eigenvalue weighted by Gasteiger charge is 2.17. The molecule has 0 atom stereocenters. The van der Waals surface area contributed by atoms with Crippen LogP contribution < -0.4 is 0 Å². The van der Waals surface area contributed by atoms with Crippen LogP contribution in [0.3, 0.4) is 0 Å². The fourth-order valence-electron chi connectivity index (χ4n) is 3.02. The van der Waals surface area contributed by atoms with Gasteiger partial charge in [0.15, 0.2) is 0 Å². The molecule has 0 radical (unpaired) electrons. The van der Waals surface area contributed by atoms with Gasteiger partial charge in [-0.25, -0.2) is 0 Å². The molecular formula is C20H18BrN3O. The summed E-state index contributed by atoms with van der Waals surface area (Å²) in [7, 11) is 0. The number of halogens is 1. The largest absolute Gasteiger partial charge is 0.419 e. The fourth-order valence-corrected chi connectivity index (χ4v) is 3.48. The van der Waals surface area contributed by atoms with Crippen molar-refractivity contribution in [3.05, 3.63) is 76.6 Å². The summed E-state index contributed by atoms with van der Waals surface area (Å²) in [5, 5.41) is 8.39. The van der Waals surface area contributed by atoms with Crippen molar-refractivity contribution in [1.82, 2.24) is 15.1 Å². The first-order chi connectivity index (χ1) is 12.3. The SMILES string of the molecule is Brc1ccccc1-c1nnc(CN2CC=C(c3ccccc3)CC2)o1. The Morgan fingerprint density at radius 1 is 1.00 bits per heavy atom. The zero-order valence-corrected chi connectivity index (χ0v) is 15.3. The van der Waals surface area contributed by atoms with Crippen molar-refractivity contribution in [1.29, 1.82) is 0 Å². The number of nitrogens with zero attached hydrogens (tertiary/aromatic N) is 3. The molecule has 5 heteroatoms. The molecular weight excluding hydrogens is 378 g/mol. The van der Waals surface area contributed by atoms with Gasteiger partial charge >= 0.3 is 0 Å². The maximum atomic E-state index is 5.85. The third kappa shape index (κ3) is 3.72. The molecule has 0 spiro atoms. The lowest BCUT2D eigenvalue weighted by atomic mass is 10.00. The van der Waals surface area contributed by atoms with Gasteiger partial charge in [0.25, 0.3) is 0 Å². The van der Waals surface area contributed by atoms with Gasteiger partial charge in [0.1, 0.15) is 0 Å². The molecule has 4 nitrogen and oxygen atoms in total. The standard InChI is InChI=1S/C20H18BrN3O/c21-18-9-5-4-8-17(18)20-23-22-19(25-20)14-24-12-10-16(11-13-24)15-6-2-1-3-7-15/h1-10H,11-14H2. The van der Waals surface area contributed by atoms with E-state index in [0.717, 1.165) is 29.5 Å². The van der Waals surface area contributed by atoms with Crippen molar-refractivity contribution in [3.63, 3.8) is 0 Å². The maximum absolute atomic E-state index is 5.85. The minimum Gasteiger partial charge on any atom is -0.419 e. The summed E-state index contributed by atoms with van der Waals surface area (Å²) in [4.78, 5) is 2.32. The van der Waals surface area contributed by atoms with E-state index in [0.29, 0.717) is 18.3 Å². The molecule has 0 bridgehead atoms. The predicted molar refractivity (Wildman–Crippen MR) is 102 cm³/mol. The zero-order valence-electron chi connectivity index (χ0n) is 13.7. The first-order valence-electron chi connectivity index (χ1n) is 8.34. The highest BCUT2D eigenvalue weighted by atomic mass is 79.9. The third-order valence-electron chi connectivity index (χ3n) is 4.37. The van der Waals surface area contributed by atoms with Gasteiger partial charge in [0, 0.05) is 17.6 Å². The van der Waals surface area contributed by atoms with Crippen molar-refractivity contribution >= 4 is 21.5 Å². The number of hydrogen-bond donors (Lipinski definition) is 0. The summed E-state index contributed by atoms with van der Waals surface area (Å²) in [6.07, 6.45) is 3.33. The van der Waals surface area contributed by atoms with E-state index in [9.17, 15) is 0 Å². The minimum absolute atomic E-state index is 0.556. The van der Waals surface area contributed by atoms with Gasteiger partial charge in [0.2, 0.25) is 11.8 Å². The van der Waals surface area contributed by atoms with Gasteiger partial charge in [-0.15, -0.1) is 10.2 Å². The van der Waals surface area contributed by atoms with Crippen LogP contribution in [0.1, 0.15) is 17.9 Å². The Bertz CT molecular complexity index is 889. The molecule has 2 heterocycles. The lowest BCUT2D eigenvalue weighted by Crippen LogP contribution is -2.28. The summed E-state index contributed by atoms with van der Waals surface area (Å²) >= 11 is 3.52. The monoisotopic (exact) mass is 395 g/mol. The third-order valence-corrected chi connectivity index (χ3v) is 5.06. The normalized spacial score (nSPS) is 15.2. The first-order valence-corrected chi connectivity index (χ1v) is 9.13. The molecule has 1 aliphatic rings. The molecule has 0 saturated heterocycles. The second-order valence-electron chi connectivity index (χ2n) is 6.06. The van der Waals surface area contributed by atoms with Gasteiger partial charge < -0.3 is 4.42 Å². The van der Waals surface area contributed by atoms with E-state index < -0.39 is 0 Å². The smallest absolute Gasteiger partial charge is 0.248 e. The first kappa shape index (κ1) is 16.2. The van der Waals surface area contributed by atoms with Crippen LogP contribution in [0.25, 0.3) is 17.0 Å². The van der Waals surface area contributed by atoms with Gasteiger partial charge in [-0.3, -0.25) is 4.90 Å². The zero-order chi connectivity index (χ0) is 17.1. The molecule has 0 fully saturated rings. The lowest BCUT2D eigenvalue weighted by molar-refractivity contribution is 0.263. The van der Waals surface area contributed by atoms with E-state index in [1.807, 2.05) is 24.3 Å². The van der Waals surface area contributed by atoms with E-state index >= 15 is 0 Å². The number of aromatic nitrogens is 2. The van der Waals surface area contributed by atoms with Gasteiger partial charge in [-0.05, 0) is 45.6 Å². The van der Waals surface area contributed by atoms with Crippen LogP contribution in [0.15, 0.2) is 69.6 Å². The van der Waals surface area contributed by atoms with E-state index in [-0.39, 0.29) is 0 Å². The Labute approximate surface area is 155 Å². The van der Waals surface area contributed by atoms with Crippen molar-refractivity contribution in [3.8, 4) is 11.5 Å². The highest BCUT2D eigenvalue weighted by Crippen LogP contribution is 2.27. The molecule has 4 rings (SSSR count). The molecule has 0 unspecified atom stereocenters. The van der Waals surface area contributed by atoms with Crippen molar-refractivity contribution in [2.75, 3.05) is 13.1 Å². The van der Waals surface area contributed by atoms with Crippen LogP contribution in [0.2, 0.25) is 0 Å². The fraction of sp³-hybridized carbons (Fsp3) is 0.200. The maximum Gasteiger partial charge on any atom is 0.248 e. The molecule has 0 amide bonds. The van der Waals surface area contributed by atoms with E-state index in [1.165, 1.54) is 11.1 Å². The summed E-state index contributed by atoms with van der Waals surface area (Å²) in [5.41, 5.74) is 3.65. The number of hydrogen-bond acceptors (Lipinski definition) is 4. The van der Waals surface area contributed by atoms with E-state index in [1.54, 1.807) is 0 Å². The van der Waals surface area contributed by atoms with Crippen LogP contribution in [-0.2, 0) is 6.54 Å². The minimum atomic E-state index is 0.556. The summed E-state index contributed by atoms with van der Waals surface area (Å²) in [6.45, 7) is 2.57. The Kier molecular flexibility index (Phi) is 4.76. The van der Waals surface area contributed by atoms with Gasteiger partial charge in [0.05, 0.1) is 12.1 Å². The predicted octanol–water partition coefficient (Wildman–Crippen LogP) is 4.79. The molecule has 0 saturated carbocycles. The molecule has 3 aromatic rings. The van der Waals surface area contributed by atoms with Gasteiger partial charge in [-0.2, -0.15) is 0 Å². The van der Waals surface area contributed by atoms with E-state index in [4.69, 9.17) is 4.42 Å². The Hall–Kier alpha value is -2.24. The second kappa shape index (κ2) is 7.33. The quantitative estimate of drug-likeness (QED) is 0.636. The van der Waals surface area contributed by atoms with Crippen LogP contribution in [-0.4, -0.2) is 28.2 Å². The Morgan fingerprint density at radius 2 is 1.80 bits per heavy atom. The highest BCUT2D eigenvalue weighted by molar-refractivity contribution is 9.10. The van der Waals surface area contributed by atoms with Crippen LogP contribution in [0, 0.1) is 0 Å². The Morgan fingerprint density at radius 3 is 2.56 bits per heavy atom. The molecule has 1 aliphatic heterocycles. The van der Waals surface area contributed by atoms with Gasteiger partial charge in [-0.1, -0.05) is 48.5 Å². The molecule has 25 heavy (non-hydrogen) atoms. The molecule has 126 valence electrons. The van der Waals surface area contributed by atoms with Crippen molar-refractivity contribution < 1.29 is 4.42 Å².